The van der Waals surface area contributed by atoms with Crippen LogP contribution in [-0.2, 0) is 14.3 Å². The van der Waals surface area contributed by atoms with Crippen LogP contribution in [0.4, 0.5) is 0 Å². The predicted molar refractivity (Wildman–Crippen MR) is 76.8 cm³/mol. The third kappa shape index (κ3) is 5.70. The molecule has 0 saturated heterocycles. The molecule has 1 aliphatic carbocycles. The molecule has 0 heterocycles. The fourth-order valence-corrected chi connectivity index (χ4v) is 2.16. The molecule has 3 nitrogen and oxygen atoms in total. The van der Waals surface area contributed by atoms with Crippen LogP contribution >= 0.6 is 0 Å². The predicted octanol–water partition coefficient (Wildman–Crippen LogP) is 3.36. The van der Waals surface area contributed by atoms with Gasteiger partial charge in [0.25, 0.3) is 0 Å². The Labute approximate surface area is 116 Å². The summed E-state index contributed by atoms with van der Waals surface area (Å²) in [5.74, 6) is 0.806. The van der Waals surface area contributed by atoms with Crippen LogP contribution in [-0.4, -0.2) is 25.3 Å². The fourth-order valence-electron chi connectivity index (χ4n) is 2.16. The third-order valence-corrected chi connectivity index (χ3v) is 3.21. The summed E-state index contributed by atoms with van der Waals surface area (Å²) in [5, 5.41) is 0. The molecule has 19 heavy (non-hydrogen) atoms. The van der Waals surface area contributed by atoms with Gasteiger partial charge >= 0.3 is 0 Å². The summed E-state index contributed by atoms with van der Waals surface area (Å²) in [5.41, 5.74) is 0. The summed E-state index contributed by atoms with van der Waals surface area (Å²) in [6, 6.07) is 0. The van der Waals surface area contributed by atoms with Gasteiger partial charge in [-0.05, 0) is 38.2 Å². The van der Waals surface area contributed by atoms with Crippen molar-refractivity contribution in [1.82, 2.24) is 0 Å². The van der Waals surface area contributed by atoms with Crippen molar-refractivity contribution >= 4 is 5.78 Å². The molecule has 0 bridgehead atoms. The second-order valence-electron chi connectivity index (χ2n) is 5.31. The van der Waals surface area contributed by atoms with Crippen molar-refractivity contribution in [3.8, 4) is 0 Å². The molecule has 1 aliphatic rings. The molecule has 0 saturated carbocycles. The van der Waals surface area contributed by atoms with Gasteiger partial charge in [0, 0.05) is 12.5 Å². The minimum atomic E-state index is -0.208. The zero-order valence-electron chi connectivity index (χ0n) is 12.5. The first kappa shape index (κ1) is 16.1. The van der Waals surface area contributed by atoms with E-state index in [-0.39, 0.29) is 23.9 Å². The lowest BCUT2D eigenvalue weighted by Crippen LogP contribution is -2.29. The Morgan fingerprint density at radius 3 is 2.74 bits per heavy atom. The van der Waals surface area contributed by atoms with E-state index in [1.54, 1.807) is 6.08 Å². The van der Waals surface area contributed by atoms with Gasteiger partial charge in [-0.3, -0.25) is 4.79 Å². The van der Waals surface area contributed by atoms with E-state index in [2.05, 4.69) is 19.9 Å². The van der Waals surface area contributed by atoms with Crippen LogP contribution in [0.25, 0.3) is 0 Å². The summed E-state index contributed by atoms with van der Waals surface area (Å²) in [6.45, 7) is 9.26. The zero-order chi connectivity index (χ0) is 14.3. The maximum atomic E-state index is 12.0. The Hall–Kier alpha value is -0.930. The van der Waals surface area contributed by atoms with Crippen molar-refractivity contribution in [1.29, 1.82) is 0 Å². The number of ketones is 1. The highest BCUT2D eigenvalue weighted by Gasteiger charge is 2.27. The second kappa shape index (κ2) is 8.28. The van der Waals surface area contributed by atoms with Gasteiger partial charge in [0.05, 0.1) is 6.61 Å². The van der Waals surface area contributed by atoms with Crippen LogP contribution in [0, 0.1) is 17.8 Å². The number of ether oxygens (including phenoxy) is 2. The summed E-state index contributed by atoms with van der Waals surface area (Å²) in [6.07, 6.45) is 8.45. The van der Waals surface area contributed by atoms with E-state index in [9.17, 15) is 4.79 Å². The fraction of sp³-hybridized carbons (Fsp3) is 0.688. The molecule has 0 spiro atoms. The lowest BCUT2D eigenvalue weighted by Gasteiger charge is -2.26. The van der Waals surface area contributed by atoms with E-state index >= 15 is 0 Å². The highest BCUT2D eigenvalue weighted by atomic mass is 16.7. The van der Waals surface area contributed by atoms with E-state index in [1.807, 2.05) is 26.0 Å². The summed E-state index contributed by atoms with van der Waals surface area (Å²) in [7, 11) is 0. The minimum absolute atomic E-state index is 0.0544. The monoisotopic (exact) mass is 266 g/mol. The van der Waals surface area contributed by atoms with E-state index in [0.717, 1.165) is 6.42 Å². The average Bonchev–Trinajstić information content (AvgIpc) is 2.35. The van der Waals surface area contributed by atoms with Gasteiger partial charge < -0.3 is 9.47 Å². The number of rotatable bonds is 7. The molecule has 0 radical (unpaired) electrons. The molecule has 0 aliphatic heterocycles. The first-order valence-corrected chi connectivity index (χ1v) is 7.16. The molecule has 1 unspecified atom stereocenters. The lowest BCUT2D eigenvalue weighted by atomic mass is 9.82. The zero-order valence-corrected chi connectivity index (χ0v) is 12.5. The normalized spacial score (nSPS) is 25.4. The Balaban J connectivity index is 2.58. The number of carbonyl (C=O) groups is 1. The molecule has 0 aromatic rings. The van der Waals surface area contributed by atoms with Gasteiger partial charge in [0.1, 0.15) is 0 Å². The van der Waals surface area contributed by atoms with Gasteiger partial charge in [-0.15, -0.1) is 0 Å². The smallest absolute Gasteiger partial charge is 0.162 e. The van der Waals surface area contributed by atoms with Crippen molar-refractivity contribution in [2.24, 2.45) is 17.8 Å². The number of hydrogen-bond donors (Lipinski definition) is 0. The number of hydrogen-bond acceptors (Lipinski definition) is 3. The van der Waals surface area contributed by atoms with E-state index in [4.69, 9.17) is 9.47 Å². The van der Waals surface area contributed by atoms with Crippen molar-refractivity contribution in [3.05, 3.63) is 24.3 Å². The Morgan fingerprint density at radius 1 is 1.37 bits per heavy atom. The molecule has 0 amide bonds. The van der Waals surface area contributed by atoms with Crippen molar-refractivity contribution < 1.29 is 14.3 Å². The van der Waals surface area contributed by atoms with Crippen LogP contribution in [0.2, 0.25) is 0 Å². The lowest BCUT2D eigenvalue weighted by molar-refractivity contribution is -0.141. The van der Waals surface area contributed by atoms with Crippen LogP contribution in [0.15, 0.2) is 24.3 Å². The first-order chi connectivity index (χ1) is 9.04. The minimum Gasteiger partial charge on any atom is -0.353 e. The maximum Gasteiger partial charge on any atom is 0.162 e. The summed E-state index contributed by atoms with van der Waals surface area (Å²) >= 11 is 0. The third-order valence-electron chi connectivity index (χ3n) is 3.21. The van der Waals surface area contributed by atoms with Gasteiger partial charge in [0.2, 0.25) is 0 Å². The molecule has 0 fully saturated rings. The Bertz CT molecular complexity index is 331. The highest BCUT2D eigenvalue weighted by molar-refractivity contribution is 5.94. The molecule has 1 rings (SSSR count). The highest BCUT2D eigenvalue weighted by Crippen LogP contribution is 2.25. The van der Waals surface area contributed by atoms with Crippen LogP contribution in [0.3, 0.4) is 0 Å². The molecular weight excluding hydrogens is 240 g/mol. The van der Waals surface area contributed by atoms with Gasteiger partial charge in [0.15, 0.2) is 12.1 Å². The van der Waals surface area contributed by atoms with Crippen LogP contribution < -0.4 is 0 Å². The number of carbonyl (C=O) groups excluding carboxylic acids is 1. The Morgan fingerprint density at radius 2 is 2.11 bits per heavy atom. The average molecular weight is 266 g/mol. The molecule has 0 N–H and O–H groups in total. The summed E-state index contributed by atoms with van der Waals surface area (Å²) in [4.78, 5) is 12.0. The van der Waals surface area contributed by atoms with E-state index in [0.29, 0.717) is 19.1 Å². The van der Waals surface area contributed by atoms with Crippen LogP contribution in [0.1, 0.15) is 34.1 Å². The second-order valence-corrected chi connectivity index (χ2v) is 5.31. The molecule has 0 aromatic heterocycles. The van der Waals surface area contributed by atoms with E-state index < -0.39 is 0 Å². The summed E-state index contributed by atoms with van der Waals surface area (Å²) < 4.78 is 11.0. The van der Waals surface area contributed by atoms with Gasteiger partial charge in [-0.25, -0.2) is 0 Å². The Kier molecular flexibility index (Phi) is 7.03. The quantitative estimate of drug-likeness (QED) is 0.523. The maximum absolute atomic E-state index is 12.0. The molecule has 3 atom stereocenters. The first-order valence-electron chi connectivity index (χ1n) is 7.16. The molecule has 0 aromatic carbocycles. The van der Waals surface area contributed by atoms with Crippen molar-refractivity contribution in [2.75, 3.05) is 13.2 Å². The topological polar surface area (TPSA) is 35.5 Å². The SMILES string of the molecule is CCOC(C)OC[C@@H]1CC=CC(=O)[C@H]1/C=C/C(C)C. The van der Waals surface area contributed by atoms with Gasteiger partial charge in [-0.2, -0.15) is 0 Å². The van der Waals surface area contributed by atoms with Crippen molar-refractivity contribution in [3.63, 3.8) is 0 Å². The largest absolute Gasteiger partial charge is 0.353 e. The molecular formula is C16H26O3. The van der Waals surface area contributed by atoms with Gasteiger partial charge in [-0.1, -0.05) is 32.1 Å². The number of allylic oxidation sites excluding steroid dienone is 4. The molecule has 108 valence electrons. The van der Waals surface area contributed by atoms with E-state index in [1.165, 1.54) is 0 Å². The molecule has 3 heteroatoms. The standard InChI is InChI=1S/C16H26O3/c1-5-18-13(4)19-11-14-7-6-8-16(17)15(14)10-9-12(2)3/h6,8-10,12-15H,5,7,11H2,1-4H3/b10-9+/t13?,14-,15-/m0/s1. The van der Waals surface area contributed by atoms with Crippen molar-refractivity contribution in [2.45, 2.75) is 40.4 Å². The van der Waals surface area contributed by atoms with Crippen LogP contribution in [0.5, 0.6) is 0 Å².